The minimum atomic E-state index is -3.73. The summed E-state index contributed by atoms with van der Waals surface area (Å²) in [5, 5.41) is 12.3. The van der Waals surface area contributed by atoms with Crippen LogP contribution in [0.5, 0.6) is 0 Å². The maximum Gasteiger partial charge on any atom is 0.238 e. The van der Waals surface area contributed by atoms with Crippen LogP contribution in [-0.4, -0.2) is 24.1 Å². The highest BCUT2D eigenvalue weighted by molar-refractivity contribution is 7.89. The molecule has 27 heavy (non-hydrogen) atoms. The molecule has 2 aromatic carbocycles. The van der Waals surface area contributed by atoms with Gasteiger partial charge in [-0.15, -0.1) is 0 Å². The molecule has 140 valence electrons. The van der Waals surface area contributed by atoms with Gasteiger partial charge in [0.2, 0.25) is 15.9 Å². The Morgan fingerprint density at radius 3 is 2.44 bits per heavy atom. The molecule has 0 aliphatic heterocycles. The molecule has 0 fully saturated rings. The van der Waals surface area contributed by atoms with Crippen LogP contribution in [0.15, 0.2) is 71.9 Å². The molecule has 0 bridgehead atoms. The van der Waals surface area contributed by atoms with Crippen molar-refractivity contribution in [1.82, 2.24) is 15.1 Å². The smallest absolute Gasteiger partial charge is 0.238 e. The summed E-state index contributed by atoms with van der Waals surface area (Å²) in [6.45, 7) is 1.83. The molecule has 3 aromatic rings. The van der Waals surface area contributed by atoms with Crippen molar-refractivity contribution in [2.45, 2.75) is 24.3 Å². The van der Waals surface area contributed by atoms with Crippen LogP contribution in [-0.2, 0) is 21.2 Å². The summed E-state index contributed by atoms with van der Waals surface area (Å²) < 4.78 is 24.3. The normalized spacial score (nSPS) is 12.5. The fraction of sp³-hybridized carbons (Fsp3) is 0.158. The Labute approximate surface area is 157 Å². The highest BCUT2D eigenvalue weighted by Crippen LogP contribution is 2.16. The lowest BCUT2D eigenvalue weighted by molar-refractivity contribution is -0.121. The highest BCUT2D eigenvalue weighted by Gasteiger charge is 2.13. The van der Waals surface area contributed by atoms with E-state index in [-0.39, 0.29) is 23.3 Å². The first kappa shape index (κ1) is 18.8. The maximum atomic E-state index is 12.3. The average Bonchev–Trinajstić information content (AvgIpc) is 3.10. The summed E-state index contributed by atoms with van der Waals surface area (Å²) in [4.78, 5) is 12.3. The second kappa shape index (κ2) is 7.73. The van der Waals surface area contributed by atoms with E-state index in [0.717, 1.165) is 16.8 Å². The van der Waals surface area contributed by atoms with Crippen LogP contribution >= 0.6 is 0 Å². The van der Waals surface area contributed by atoms with E-state index in [2.05, 4.69) is 10.4 Å². The van der Waals surface area contributed by atoms with Crippen LogP contribution in [0.1, 0.15) is 24.1 Å². The predicted molar refractivity (Wildman–Crippen MR) is 102 cm³/mol. The number of primary sulfonamides is 1. The van der Waals surface area contributed by atoms with Crippen molar-refractivity contribution in [2.75, 3.05) is 0 Å². The lowest BCUT2D eigenvalue weighted by Gasteiger charge is -2.14. The topological polar surface area (TPSA) is 107 Å². The molecule has 1 aromatic heterocycles. The zero-order valence-corrected chi connectivity index (χ0v) is 15.6. The number of carbonyl (C=O) groups is 1. The molecule has 0 spiro atoms. The van der Waals surface area contributed by atoms with Gasteiger partial charge in [0.15, 0.2) is 0 Å². The highest BCUT2D eigenvalue weighted by atomic mass is 32.2. The second-order valence-electron chi connectivity index (χ2n) is 6.21. The van der Waals surface area contributed by atoms with Gasteiger partial charge in [0, 0.05) is 6.20 Å². The van der Waals surface area contributed by atoms with E-state index in [0.29, 0.717) is 0 Å². The van der Waals surface area contributed by atoms with Crippen molar-refractivity contribution in [1.29, 1.82) is 0 Å². The van der Waals surface area contributed by atoms with Gasteiger partial charge in [-0.1, -0.05) is 30.3 Å². The van der Waals surface area contributed by atoms with E-state index >= 15 is 0 Å². The molecule has 1 heterocycles. The predicted octanol–water partition coefficient (Wildman–Crippen LogP) is 1.94. The van der Waals surface area contributed by atoms with Crippen molar-refractivity contribution in [2.24, 2.45) is 5.14 Å². The average molecular weight is 384 g/mol. The summed E-state index contributed by atoms with van der Waals surface area (Å²) in [6, 6.07) is 15.5. The number of rotatable bonds is 6. The van der Waals surface area contributed by atoms with Gasteiger partial charge in [0.25, 0.3) is 0 Å². The van der Waals surface area contributed by atoms with Crippen LogP contribution in [0, 0.1) is 0 Å². The number of carbonyl (C=O) groups excluding carboxylic acids is 1. The van der Waals surface area contributed by atoms with Gasteiger partial charge < -0.3 is 5.32 Å². The molecular weight excluding hydrogens is 364 g/mol. The van der Waals surface area contributed by atoms with E-state index in [1.807, 2.05) is 43.5 Å². The van der Waals surface area contributed by atoms with Gasteiger partial charge in [0.1, 0.15) is 0 Å². The lowest BCUT2D eigenvalue weighted by Crippen LogP contribution is -2.28. The first-order valence-corrected chi connectivity index (χ1v) is 9.88. The Morgan fingerprint density at radius 1 is 1.15 bits per heavy atom. The number of amides is 1. The van der Waals surface area contributed by atoms with E-state index in [9.17, 15) is 13.2 Å². The Kier molecular flexibility index (Phi) is 5.38. The van der Waals surface area contributed by atoms with Gasteiger partial charge in [-0.25, -0.2) is 18.2 Å². The number of hydrogen-bond acceptors (Lipinski definition) is 4. The third-order valence-corrected chi connectivity index (χ3v) is 5.04. The Bertz CT molecular complexity index is 1030. The van der Waals surface area contributed by atoms with Gasteiger partial charge in [-0.2, -0.15) is 5.10 Å². The molecule has 0 saturated heterocycles. The molecule has 1 atom stereocenters. The molecule has 8 heteroatoms. The molecular formula is C19H20N4O3S. The monoisotopic (exact) mass is 384 g/mol. The number of benzene rings is 2. The van der Waals surface area contributed by atoms with Crippen LogP contribution in [0.25, 0.3) is 5.69 Å². The summed E-state index contributed by atoms with van der Waals surface area (Å²) in [7, 11) is -3.73. The van der Waals surface area contributed by atoms with Crippen molar-refractivity contribution in [3.05, 3.63) is 78.1 Å². The summed E-state index contributed by atoms with van der Waals surface area (Å²) in [6.07, 6.45) is 3.69. The molecule has 7 nitrogen and oxygen atoms in total. The fourth-order valence-corrected chi connectivity index (χ4v) is 3.20. The van der Waals surface area contributed by atoms with E-state index in [4.69, 9.17) is 5.14 Å². The largest absolute Gasteiger partial charge is 0.349 e. The number of nitrogens with one attached hydrogen (secondary N) is 1. The molecule has 0 aliphatic carbocycles. The van der Waals surface area contributed by atoms with Gasteiger partial charge in [-0.3, -0.25) is 4.79 Å². The molecule has 3 rings (SSSR count). The van der Waals surface area contributed by atoms with Crippen LogP contribution in [0.4, 0.5) is 0 Å². The minimum absolute atomic E-state index is 0.0399. The third-order valence-electron chi connectivity index (χ3n) is 4.11. The molecule has 3 N–H and O–H groups in total. The number of para-hydroxylation sites is 1. The SMILES string of the molecule is C[C@@H](NC(=O)Cc1cnn(-c2ccccc2)c1)c1ccc(S(N)(=O)=O)cc1. The number of nitrogens with zero attached hydrogens (tertiary/aromatic N) is 2. The van der Waals surface area contributed by atoms with E-state index in [1.165, 1.54) is 12.1 Å². The van der Waals surface area contributed by atoms with E-state index < -0.39 is 10.0 Å². The second-order valence-corrected chi connectivity index (χ2v) is 7.77. The van der Waals surface area contributed by atoms with Crippen LogP contribution < -0.4 is 10.5 Å². The molecule has 1 amide bonds. The number of hydrogen-bond donors (Lipinski definition) is 2. The molecule has 0 aliphatic rings. The van der Waals surface area contributed by atoms with Gasteiger partial charge in [-0.05, 0) is 42.3 Å². The number of aromatic nitrogens is 2. The molecule has 0 unspecified atom stereocenters. The Hall–Kier alpha value is -2.97. The summed E-state index contributed by atoms with van der Waals surface area (Å²) >= 11 is 0. The Morgan fingerprint density at radius 2 is 1.81 bits per heavy atom. The summed E-state index contributed by atoms with van der Waals surface area (Å²) in [5.74, 6) is -0.148. The quantitative estimate of drug-likeness (QED) is 0.677. The van der Waals surface area contributed by atoms with Crippen molar-refractivity contribution in [3.63, 3.8) is 0 Å². The molecule has 0 saturated carbocycles. The number of nitrogens with two attached hydrogens (primary N) is 1. The zero-order chi connectivity index (χ0) is 19.4. The van der Waals surface area contributed by atoms with E-state index in [1.54, 1.807) is 23.0 Å². The van der Waals surface area contributed by atoms with Crippen LogP contribution in [0.2, 0.25) is 0 Å². The summed E-state index contributed by atoms with van der Waals surface area (Å²) in [5.41, 5.74) is 2.51. The van der Waals surface area contributed by atoms with Crippen molar-refractivity contribution >= 4 is 15.9 Å². The maximum absolute atomic E-state index is 12.3. The third kappa shape index (κ3) is 4.81. The number of sulfonamides is 1. The van der Waals surface area contributed by atoms with Crippen molar-refractivity contribution < 1.29 is 13.2 Å². The zero-order valence-electron chi connectivity index (χ0n) is 14.7. The lowest BCUT2D eigenvalue weighted by atomic mass is 10.1. The first-order chi connectivity index (χ1) is 12.8. The molecule has 0 radical (unpaired) electrons. The van der Waals surface area contributed by atoms with Gasteiger partial charge >= 0.3 is 0 Å². The van der Waals surface area contributed by atoms with Gasteiger partial charge in [0.05, 0.1) is 29.2 Å². The minimum Gasteiger partial charge on any atom is -0.349 e. The van der Waals surface area contributed by atoms with Crippen molar-refractivity contribution in [3.8, 4) is 5.69 Å². The first-order valence-electron chi connectivity index (χ1n) is 8.34. The van der Waals surface area contributed by atoms with Crippen LogP contribution in [0.3, 0.4) is 0 Å². The fourth-order valence-electron chi connectivity index (χ4n) is 2.68. The standard InChI is InChI=1S/C19H20N4O3S/c1-14(16-7-9-18(10-8-16)27(20,25)26)22-19(24)11-15-12-21-23(13-15)17-5-3-2-4-6-17/h2-10,12-14H,11H2,1H3,(H,22,24)(H2,20,25,26)/t14-/m1/s1. The Balaban J connectivity index is 1.61.